The van der Waals surface area contributed by atoms with Crippen LogP contribution >= 0.6 is 27.3 Å². The van der Waals surface area contributed by atoms with Gasteiger partial charge in [0, 0.05) is 16.2 Å². The third-order valence-electron chi connectivity index (χ3n) is 4.48. The van der Waals surface area contributed by atoms with E-state index in [1.165, 1.54) is 11.3 Å². The van der Waals surface area contributed by atoms with Crippen LogP contribution in [0.3, 0.4) is 0 Å². The molecule has 0 spiro atoms. The Labute approximate surface area is 183 Å². The van der Waals surface area contributed by atoms with E-state index in [1.807, 2.05) is 53.9 Å². The Morgan fingerprint density at radius 1 is 1.07 bits per heavy atom. The number of hydrogen-bond acceptors (Lipinski definition) is 6. The van der Waals surface area contributed by atoms with E-state index in [-0.39, 0.29) is 5.91 Å². The molecule has 4 aromatic heterocycles. The summed E-state index contributed by atoms with van der Waals surface area (Å²) in [6.07, 6.45) is 1.63. The lowest BCUT2D eigenvalue weighted by molar-refractivity contribution is 0.102. The number of aromatic nitrogens is 3. The van der Waals surface area contributed by atoms with Crippen LogP contribution in [0.15, 0.2) is 81.2 Å². The van der Waals surface area contributed by atoms with Crippen LogP contribution in [0, 0.1) is 0 Å². The molecule has 4 heterocycles. The molecule has 0 unspecified atom stereocenters. The molecule has 0 saturated carbocycles. The first-order valence-electron chi connectivity index (χ1n) is 9.01. The number of anilines is 1. The molecule has 0 saturated heterocycles. The first-order valence-corrected chi connectivity index (χ1v) is 10.7. The van der Waals surface area contributed by atoms with Crippen molar-refractivity contribution in [2.45, 2.75) is 0 Å². The Kier molecular flexibility index (Phi) is 4.86. The van der Waals surface area contributed by atoms with E-state index in [9.17, 15) is 4.79 Å². The van der Waals surface area contributed by atoms with Gasteiger partial charge in [-0.25, -0.2) is 9.97 Å². The van der Waals surface area contributed by atoms with E-state index in [4.69, 9.17) is 4.52 Å². The van der Waals surface area contributed by atoms with Gasteiger partial charge in [-0.3, -0.25) is 4.79 Å². The zero-order valence-corrected chi connectivity index (χ0v) is 17.8. The molecule has 0 radical (unpaired) electrons. The van der Waals surface area contributed by atoms with Gasteiger partial charge in [0.2, 0.25) is 0 Å². The number of carbonyl (C=O) groups excluding carboxylic acids is 1. The van der Waals surface area contributed by atoms with E-state index >= 15 is 0 Å². The second-order valence-electron chi connectivity index (χ2n) is 6.43. The molecule has 0 aliphatic rings. The van der Waals surface area contributed by atoms with Gasteiger partial charge >= 0.3 is 0 Å². The zero-order chi connectivity index (χ0) is 20.5. The van der Waals surface area contributed by atoms with Gasteiger partial charge in [0.25, 0.3) is 11.6 Å². The maximum absolute atomic E-state index is 13.3. The highest BCUT2D eigenvalue weighted by Crippen LogP contribution is 2.34. The highest BCUT2D eigenvalue weighted by atomic mass is 79.9. The second-order valence-corrected chi connectivity index (χ2v) is 8.29. The summed E-state index contributed by atoms with van der Waals surface area (Å²) in [4.78, 5) is 23.0. The molecule has 0 fully saturated rings. The number of nitrogens with zero attached hydrogens (tertiary/aromatic N) is 3. The predicted molar refractivity (Wildman–Crippen MR) is 120 cm³/mol. The minimum Gasteiger partial charge on any atom is -0.335 e. The number of thiophene rings is 1. The largest absolute Gasteiger partial charge is 0.335 e. The molecule has 0 aliphatic heterocycles. The molecule has 5 rings (SSSR count). The standard InChI is InChI=1S/C22H13BrN4O2S/c23-14-8-9-18(24-12-14)26-21(28)15-11-16(17-7-4-10-30-17)25-22-19(15)20(27-29-22)13-5-2-1-3-6-13/h1-12H,(H,24,26,28). The van der Waals surface area contributed by atoms with Gasteiger partial charge in [0.05, 0.1) is 21.5 Å². The summed E-state index contributed by atoms with van der Waals surface area (Å²) in [6, 6.07) is 18.8. The fraction of sp³-hybridized carbons (Fsp3) is 0. The van der Waals surface area contributed by atoms with Crippen molar-refractivity contribution in [3.8, 4) is 21.8 Å². The number of pyridine rings is 2. The van der Waals surface area contributed by atoms with Crippen molar-refractivity contribution in [2.75, 3.05) is 5.32 Å². The molecule has 6 nitrogen and oxygen atoms in total. The van der Waals surface area contributed by atoms with Crippen LogP contribution in [-0.2, 0) is 0 Å². The van der Waals surface area contributed by atoms with Crippen LogP contribution in [-0.4, -0.2) is 21.0 Å². The summed E-state index contributed by atoms with van der Waals surface area (Å²) in [5.41, 5.74) is 2.81. The Bertz CT molecular complexity index is 1330. The Morgan fingerprint density at radius 2 is 1.93 bits per heavy atom. The summed E-state index contributed by atoms with van der Waals surface area (Å²) in [5.74, 6) is 0.138. The van der Waals surface area contributed by atoms with E-state index in [2.05, 4.69) is 36.4 Å². The SMILES string of the molecule is O=C(Nc1ccc(Br)cn1)c1cc(-c2cccs2)nc2onc(-c3ccccc3)c12. The average Bonchev–Trinajstić information content (AvgIpc) is 3.45. The number of carbonyl (C=O) groups is 1. The topological polar surface area (TPSA) is 80.9 Å². The lowest BCUT2D eigenvalue weighted by Crippen LogP contribution is -2.14. The van der Waals surface area contributed by atoms with Crippen LogP contribution in [0.25, 0.3) is 32.9 Å². The van der Waals surface area contributed by atoms with Crippen molar-refractivity contribution in [2.24, 2.45) is 0 Å². The van der Waals surface area contributed by atoms with Gasteiger partial charge in [0.15, 0.2) is 0 Å². The molecule has 0 bridgehead atoms. The second kappa shape index (κ2) is 7.81. The maximum Gasteiger partial charge on any atom is 0.259 e. The summed E-state index contributed by atoms with van der Waals surface area (Å²) >= 11 is 4.89. The molecular weight excluding hydrogens is 464 g/mol. The molecule has 30 heavy (non-hydrogen) atoms. The van der Waals surface area contributed by atoms with Crippen LogP contribution in [0.5, 0.6) is 0 Å². The van der Waals surface area contributed by atoms with Gasteiger partial charge in [-0.15, -0.1) is 11.3 Å². The molecule has 0 atom stereocenters. The molecule has 5 aromatic rings. The normalized spacial score (nSPS) is 11.0. The molecule has 1 amide bonds. The highest BCUT2D eigenvalue weighted by Gasteiger charge is 2.22. The summed E-state index contributed by atoms with van der Waals surface area (Å²) in [6.45, 7) is 0. The monoisotopic (exact) mass is 476 g/mol. The molecule has 146 valence electrons. The Hall–Kier alpha value is -3.36. The zero-order valence-electron chi connectivity index (χ0n) is 15.4. The average molecular weight is 477 g/mol. The third kappa shape index (κ3) is 3.51. The van der Waals surface area contributed by atoms with Crippen LogP contribution in [0.1, 0.15) is 10.4 Å². The number of hydrogen-bond donors (Lipinski definition) is 1. The number of nitrogens with one attached hydrogen (secondary N) is 1. The molecule has 8 heteroatoms. The summed E-state index contributed by atoms with van der Waals surface area (Å²) < 4.78 is 6.37. The highest BCUT2D eigenvalue weighted by molar-refractivity contribution is 9.10. The number of rotatable bonds is 4. The van der Waals surface area contributed by atoms with Crippen molar-refractivity contribution in [1.29, 1.82) is 0 Å². The number of fused-ring (bicyclic) bond motifs is 1. The fourth-order valence-electron chi connectivity index (χ4n) is 3.11. The summed E-state index contributed by atoms with van der Waals surface area (Å²) in [5, 5.41) is 9.59. The van der Waals surface area contributed by atoms with E-state index in [1.54, 1.807) is 18.3 Å². The van der Waals surface area contributed by atoms with Gasteiger partial charge in [-0.05, 0) is 45.6 Å². The number of halogens is 1. The van der Waals surface area contributed by atoms with Gasteiger partial charge in [0.1, 0.15) is 11.5 Å². The van der Waals surface area contributed by atoms with Crippen LogP contribution in [0.2, 0.25) is 0 Å². The third-order valence-corrected chi connectivity index (χ3v) is 5.84. The van der Waals surface area contributed by atoms with E-state index < -0.39 is 0 Å². The van der Waals surface area contributed by atoms with Crippen molar-refractivity contribution in [3.05, 3.63) is 82.3 Å². The van der Waals surface area contributed by atoms with Gasteiger partial charge < -0.3 is 9.84 Å². The van der Waals surface area contributed by atoms with Crippen molar-refractivity contribution in [3.63, 3.8) is 0 Å². The molecule has 0 aliphatic carbocycles. The van der Waals surface area contributed by atoms with E-state index in [0.717, 1.165) is 14.9 Å². The predicted octanol–water partition coefficient (Wildman–Crippen LogP) is 6.03. The first kappa shape index (κ1) is 18.7. The van der Waals surface area contributed by atoms with Crippen molar-refractivity contribution < 1.29 is 9.32 Å². The Balaban J connectivity index is 1.67. The van der Waals surface area contributed by atoms with Crippen molar-refractivity contribution >= 4 is 50.1 Å². The number of amides is 1. The number of benzene rings is 1. The smallest absolute Gasteiger partial charge is 0.259 e. The first-order chi connectivity index (χ1) is 14.7. The fourth-order valence-corrected chi connectivity index (χ4v) is 4.03. The minimum absolute atomic E-state index is 0.310. The maximum atomic E-state index is 13.3. The van der Waals surface area contributed by atoms with Crippen molar-refractivity contribution in [1.82, 2.24) is 15.1 Å². The lowest BCUT2D eigenvalue weighted by atomic mass is 10.0. The molecule has 1 aromatic carbocycles. The van der Waals surface area contributed by atoms with Crippen LogP contribution < -0.4 is 5.32 Å². The minimum atomic E-state index is -0.310. The van der Waals surface area contributed by atoms with Gasteiger partial charge in [-0.1, -0.05) is 41.6 Å². The summed E-state index contributed by atoms with van der Waals surface area (Å²) in [7, 11) is 0. The molecular formula is C22H13BrN4O2S. The van der Waals surface area contributed by atoms with Gasteiger partial charge in [-0.2, -0.15) is 0 Å². The van der Waals surface area contributed by atoms with Crippen LogP contribution in [0.4, 0.5) is 5.82 Å². The van der Waals surface area contributed by atoms with E-state index in [0.29, 0.717) is 33.9 Å². The molecule has 1 N–H and O–H groups in total. The lowest BCUT2D eigenvalue weighted by Gasteiger charge is -2.08. The quantitative estimate of drug-likeness (QED) is 0.342. The Morgan fingerprint density at radius 3 is 2.67 bits per heavy atom.